The summed E-state index contributed by atoms with van der Waals surface area (Å²) in [6.45, 7) is 11.9. The van der Waals surface area contributed by atoms with Crippen LogP contribution in [0.2, 0.25) is 0 Å². The predicted octanol–water partition coefficient (Wildman–Crippen LogP) is 2.93. The maximum absolute atomic E-state index is 12.4. The van der Waals surface area contributed by atoms with Crippen LogP contribution in [0.1, 0.15) is 50.0 Å². The minimum Gasteiger partial charge on any atom is -0.381 e. The summed E-state index contributed by atoms with van der Waals surface area (Å²) in [5, 5.41) is 5.73. The summed E-state index contributed by atoms with van der Waals surface area (Å²) in [5.41, 5.74) is 1.58. The highest BCUT2D eigenvalue weighted by Crippen LogP contribution is 2.07. The Morgan fingerprint density at radius 2 is 1.88 bits per heavy atom. The second kappa shape index (κ2) is 10.9. The molecule has 0 aliphatic carbocycles. The minimum atomic E-state index is -0.551. The van der Waals surface area contributed by atoms with Crippen molar-refractivity contribution in [1.82, 2.24) is 10.6 Å². The minimum absolute atomic E-state index is 0.00551. The lowest BCUT2D eigenvalue weighted by Crippen LogP contribution is -2.50. The molecule has 1 aromatic carbocycles. The molecule has 1 atom stereocenters. The average Bonchev–Trinajstić information content (AvgIpc) is 2.54. The predicted molar refractivity (Wildman–Crippen MR) is 101 cm³/mol. The molecule has 5 heteroatoms. The Balaban J connectivity index is 2.47. The van der Waals surface area contributed by atoms with Crippen molar-refractivity contribution in [2.45, 2.75) is 47.1 Å². The van der Waals surface area contributed by atoms with Gasteiger partial charge in [-0.25, -0.2) is 0 Å². The van der Waals surface area contributed by atoms with Gasteiger partial charge >= 0.3 is 0 Å². The van der Waals surface area contributed by atoms with Crippen LogP contribution in [0.3, 0.4) is 0 Å². The fourth-order valence-corrected chi connectivity index (χ4v) is 2.36. The molecule has 0 aliphatic heterocycles. The fourth-order valence-electron chi connectivity index (χ4n) is 2.36. The zero-order valence-electron chi connectivity index (χ0n) is 16.1. The lowest BCUT2D eigenvalue weighted by atomic mass is 10.0. The van der Waals surface area contributed by atoms with Gasteiger partial charge in [-0.3, -0.25) is 9.59 Å². The zero-order chi connectivity index (χ0) is 18.8. The highest BCUT2D eigenvalue weighted by atomic mass is 16.5. The summed E-state index contributed by atoms with van der Waals surface area (Å²) in [5.74, 6) is 0.139. The molecule has 1 aromatic rings. The molecular weight excluding hydrogens is 316 g/mol. The van der Waals surface area contributed by atoms with E-state index >= 15 is 0 Å². The van der Waals surface area contributed by atoms with E-state index in [2.05, 4.69) is 24.5 Å². The van der Waals surface area contributed by atoms with E-state index in [-0.39, 0.29) is 17.7 Å². The van der Waals surface area contributed by atoms with E-state index in [0.717, 1.165) is 18.6 Å². The van der Waals surface area contributed by atoms with Gasteiger partial charge in [0.15, 0.2) is 0 Å². The monoisotopic (exact) mass is 348 g/mol. The van der Waals surface area contributed by atoms with Gasteiger partial charge in [0.25, 0.3) is 5.91 Å². The lowest BCUT2D eigenvalue weighted by Gasteiger charge is -2.22. The maximum Gasteiger partial charge on any atom is 0.251 e. The van der Waals surface area contributed by atoms with Gasteiger partial charge in [0.05, 0.1) is 0 Å². The maximum atomic E-state index is 12.4. The largest absolute Gasteiger partial charge is 0.381 e. The molecule has 5 nitrogen and oxygen atoms in total. The van der Waals surface area contributed by atoms with Gasteiger partial charge in [-0.1, -0.05) is 45.4 Å². The summed E-state index contributed by atoms with van der Waals surface area (Å²) in [7, 11) is 0. The normalized spacial score (nSPS) is 12.3. The number of benzene rings is 1. The molecule has 0 bridgehead atoms. The van der Waals surface area contributed by atoms with Gasteiger partial charge in [-0.2, -0.15) is 0 Å². The highest BCUT2D eigenvalue weighted by Gasteiger charge is 2.24. The second-order valence-electron chi connectivity index (χ2n) is 7.18. The molecule has 25 heavy (non-hydrogen) atoms. The third-order valence-corrected chi connectivity index (χ3v) is 3.73. The third-order valence-electron chi connectivity index (χ3n) is 3.73. The lowest BCUT2D eigenvalue weighted by molar-refractivity contribution is -0.124. The highest BCUT2D eigenvalue weighted by molar-refractivity contribution is 5.97. The van der Waals surface area contributed by atoms with Crippen molar-refractivity contribution < 1.29 is 14.3 Å². The number of aryl methyl sites for hydroxylation is 1. The van der Waals surface area contributed by atoms with E-state index in [0.29, 0.717) is 24.6 Å². The number of amides is 2. The fraction of sp³-hybridized carbons (Fsp3) is 0.600. The van der Waals surface area contributed by atoms with Crippen molar-refractivity contribution in [3.05, 3.63) is 35.4 Å². The Bertz CT molecular complexity index is 556. The molecule has 0 heterocycles. The first-order chi connectivity index (χ1) is 11.8. The van der Waals surface area contributed by atoms with Crippen LogP contribution in [0, 0.1) is 18.8 Å². The van der Waals surface area contributed by atoms with Gasteiger partial charge < -0.3 is 15.4 Å². The molecule has 0 saturated heterocycles. The summed E-state index contributed by atoms with van der Waals surface area (Å²) in [4.78, 5) is 24.8. The van der Waals surface area contributed by atoms with Crippen molar-refractivity contribution in [3.8, 4) is 0 Å². The summed E-state index contributed by atoms with van der Waals surface area (Å²) < 4.78 is 5.50. The third kappa shape index (κ3) is 8.16. The molecule has 0 aromatic heterocycles. The molecule has 0 aliphatic rings. The van der Waals surface area contributed by atoms with Crippen LogP contribution < -0.4 is 10.6 Å². The number of hydrogen-bond donors (Lipinski definition) is 2. The van der Waals surface area contributed by atoms with Crippen LogP contribution in [0.5, 0.6) is 0 Å². The first kappa shape index (κ1) is 21.2. The Kier molecular flexibility index (Phi) is 9.21. The molecule has 140 valence electrons. The van der Waals surface area contributed by atoms with Crippen LogP contribution in [-0.4, -0.2) is 37.6 Å². The second-order valence-corrected chi connectivity index (χ2v) is 7.18. The van der Waals surface area contributed by atoms with E-state index in [1.165, 1.54) is 0 Å². The number of carbonyl (C=O) groups excluding carboxylic acids is 2. The molecule has 2 N–H and O–H groups in total. The van der Waals surface area contributed by atoms with E-state index in [4.69, 9.17) is 4.74 Å². The summed E-state index contributed by atoms with van der Waals surface area (Å²) in [6.07, 6.45) is 0.759. The molecule has 1 unspecified atom stereocenters. The molecule has 0 spiro atoms. The van der Waals surface area contributed by atoms with E-state index in [9.17, 15) is 9.59 Å². The topological polar surface area (TPSA) is 67.4 Å². The average molecular weight is 348 g/mol. The van der Waals surface area contributed by atoms with Gasteiger partial charge in [0, 0.05) is 25.3 Å². The quantitative estimate of drug-likeness (QED) is 0.639. The molecule has 0 saturated carbocycles. The number of nitrogens with one attached hydrogen (secondary N) is 2. The smallest absolute Gasteiger partial charge is 0.251 e. The van der Waals surface area contributed by atoms with Crippen molar-refractivity contribution in [3.63, 3.8) is 0 Å². The number of carbonyl (C=O) groups is 2. The molecule has 0 radical (unpaired) electrons. The van der Waals surface area contributed by atoms with Crippen LogP contribution in [0.15, 0.2) is 24.3 Å². The summed E-state index contributed by atoms with van der Waals surface area (Å²) >= 11 is 0. The Morgan fingerprint density at radius 3 is 2.48 bits per heavy atom. The standard InChI is InChI=1S/C20H32N2O3/c1-14(2)13-25-11-7-10-21-20(24)18(15(3)4)22-19(23)17-9-6-8-16(5)12-17/h6,8-9,12,14-15,18H,7,10-11,13H2,1-5H3,(H,21,24)(H,22,23). The van der Waals surface area contributed by atoms with Crippen LogP contribution in [0.25, 0.3) is 0 Å². The van der Waals surface area contributed by atoms with E-state index < -0.39 is 6.04 Å². The summed E-state index contributed by atoms with van der Waals surface area (Å²) in [6, 6.07) is 6.79. The zero-order valence-corrected chi connectivity index (χ0v) is 16.1. The van der Waals surface area contributed by atoms with Gasteiger partial charge in [-0.05, 0) is 37.3 Å². The molecular formula is C20H32N2O3. The molecule has 2 amide bonds. The van der Waals surface area contributed by atoms with Crippen LogP contribution in [-0.2, 0) is 9.53 Å². The number of hydrogen-bond acceptors (Lipinski definition) is 3. The Morgan fingerprint density at radius 1 is 1.16 bits per heavy atom. The van der Waals surface area contributed by atoms with Crippen molar-refractivity contribution >= 4 is 11.8 Å². The Labute approximate surface area is 151 Å². The first-order valence-electron chi connectivity index (χ1n) is 9.04. The molecule has 0 fully saturated rings. The SMILES string of the molecule is Cc1cccc(C(=O)NC(C(=O)NCCCOCC(C)C)C(C)C)c1. The van der Waals surface area contributed by atoms with E-state index in [1.54, 1.807) is 6.07 Å². The van der Waals surface area contributed by atoms with E-state index in [1.807, 2.05) is 39.0 Å². The van der Waals surface area contributed by atoms with Crippen molar-refractivity contribution in [1.29, 1.82) is 0 Å². The number of rotatable bonds is 10. The van der Waals surface area contributed by atoms with Crippen LogP contribution >= 0.6 is 0 Å². The first-order valence-corrected chi connectivity index (χ1v) is 9.04. The number of ether oxygens (including phenoxy) is 1. The molecule has 1 rings (SSSR count). The van der Waals surface area contributed by atoms with Gasteiger partial charge in [0.2, 0.25) is 5.91 Å². The van der Waals surface area contributed by atoms with Crippen molar-refractivity contribution in [2.75, 3.05) is 19.8 Å². The van der Waals surface area contributed by atoms with Crippen LogP contribution in [0.4, 0.5) is 0 Å². The van der Waals surface area contributed by atoms with Gasteiger partial charge in [0.1, 0.15) is 6.04 Å². The Hall–Kier alpha value is -1.88. The van der Waals surface area contributed by atoms with Gasteiger partial charge in [-0.15, -0.1) is 0 Å². The van der Waals surface area contributed by atoms with Crippen molar-refractivity contribution in [2.24, 2.45) is 11.8 Å².